The highest BCUT2D eigenvalue weighted by Crippen LogP contribution is 2.39. The van der Waals surface area contributed by atoms with Gasteiger partial charge in [0.25, 0.3) is 11.1 Å². The topological polar surface area (TPSA) is 55.8 Å². The minimum absolute atomic E-state index is 0.206. The molecule has 152 valence electrons. The Morgan fingerprint density at radius 1 is 1.14 bits per heavy atom. The van der Waals surface area contributed by atoms with Crippen LogP contribution in [-0.2, 0) is 11.3 Å². The number of hydrogen-bond donors (Lipinski definition) is 0. The molecule has 2 aromatic rings. The van der Waals surface area contributed by atoms with Gasteiger partial charge in [-0.2, -0.15) is 0 Å². The highest BCUT2D eigenvalue weighted by Gasteiger charge is 2.35. The summed E-state index contributed by atoms with van der Waals surface area (Å²) in [6.45, 7) is 4.83. The highest BCUT2D eigenvalue weighted by molar-refractivity contribution is 9.10. The van der Waals surface area contributed by atoms with Gasteiger partial charge in [0.15, 0.2) is 11.5 Å². The Balaban J connectivity index is 1.88. The fourth-order valence-electron chi connectivity index (χ4n) is 2.80. The van der Waals surface area contributed by atoms with E-state index in [9.17, 15) is 9.59 Å². The molecule has 0 aliphatic carbocycles. The van der Waals surface area contributed by atoms with Crippen LogP contribution in [0.25, 0.3) is 6.08 Å². The normalized spacial score (nSPS) is 15.3. The molecule has 1 aliphatic heterocycles. The fourth-order valence-corrected chi connectivity index (χ4v) is 4.33. The SMILES string of the molecule is CCOc1cc(/C=C2\SC(=O)N(Cc3ccccc3Br)C2=O)cc(Cl)c1OCC. The van der Waals surface area contributed by atoms with E-state index in [0.29, 0.717) is 40.2 Å². The lowest BCUT2D eigenvalue weighted by Crippen LogP contribution is -2.27. The molecule has 1 fully saturated rings. The van der Waals surface area contributed by atoms with Crippen molar-refractivity contribution in [2.75, 3.05) is 13.2 Å². The second-order valence-corrected chi connectivity index (χ2v) is 8.31. The Hall–Kier alpha value is -1.96. The first-order valence-corrected chi connectivity index (χ1v) is 11.0. The quantitative estimate of drug-likeness (QED) is 0.431. The van der Waals surface area contributed by atoms with Gasteiger partial charge < -0.3 is 9.47 Å². The largest absolute Gasteiger partial charge is 0.490 e. The summed E-state index contributed by atoms with van der Waals surface area (Å²) in [5.41, 5.74) is 1.52. The van der Waals surface area contributed by atoms with Gasteiger partial charge in [0.1, 0.15) is 0 Å². The van der Waals surface area contributed by atoms with Gasteiger partial charge in [0.2, 0.25) is 0 Å². The lowest BCUT2D eigenvalue weighted by atomic mass is 10.1. The first-order chi connectivity index (χ1) is 13.9. The molecule has 0 aromatic heterocycles. The first-order valence-electron chi connectivity index (χ1n) is 9.02. The van der Waals surface area contributed by atoms with Gasteiger partial charge in [-0.1, -0.05) is 45.7 Å². The summed E-state index contributed by atoms with van der Waals surface area (Å²) in [5.74, 6) is 0.634. The van der Waals surface area contributed by atoms with Crippen molar-refractivity contribution < 1.29 is 19.1 Å². The average molecular weight is 497 g/mol. The second-order valence-electron chi connectivity index (χ2n) is 6.06. The number of amides is 2. The van der Waals surface area contributed by atoms with E-state index < -0.39 is 0 Å². The Morgan fingerprint density at radius 3 is 2.55 bits per heavy atom. The molecule has 1 heterocycles. The molecule has 2 amide bonds. The maximum Gasteiger partial charge on any atom is 0.293 e. The van der Waals surface area contributed by atoms with Gasteiger partial charge in [-0.3, -0.25) is 14.5 Å². The van der Waals surface area contributed by atoms with Crippen molar-refractivity contribution in [1.29, 1.82) is 0 Å². The van der Waals surface area contributed by atoms with Gasteiger partial charge in [-0.15, -0.1) is 0 Å². The first kappa shape index (κ1) is 21.7. The summed E-state index contributed by atoms with van der Waals surface area (Å²) in [7, 11) is 0. The number of halogens is 2. The number of ether oxygens (including phenoxy) is 2. The number of hydrogen-bond acceptors (Lipinski definition) is 5. The predicted octanol–water partition coefficient (Wildman–Crippen LogP) is 6.14. The number of nitrogens with zero attached hydrogens (tertiary/aromatic N) is 1. The zero-order valence-corrected chi connectivity index (χ0v) is 19.1. The van der Waals surface area contributed by atoms with Gasteiger partial charge >= 0.3 is 0 Å². The molecule has 0 bridgehead atoms. The van der Waals surface area contributed by atoms with Crippen molar-refractivity contribution in [3.63, 3.8) is 0 Å². The third-order valence-corrected chi connectivity index (χ3v) is 6.04. The van der Waals surface area contributed by atoms with Crippen LogP contribution in [0.5, 0.6) is 11.5 Å². The van der Waals surface area contributed by atoms with E-state index in [1.54, 1.807) is 18.2 Å². The standard InChI is InChI=1S/C21H19BrClNO4S/c1-3-27-17-10-13(9-16(23)19(17)28-4-2)11-18-20(25)24(21(26)29-18)12-14-7-5-6-8-15(14)22/h5-11H,3-4,12H2,1-2H3/b18-11-. The van der Waals surface area contributed by atoms with E-state index in [1.165, 1.54) is 4.90 Å². The van der Waals surface area contributed by atoms with Crippen LogP contribution in [-0.4, -0.2) is 29.3 Å². The number of thioether (sulfide) groups is 1. The van der Waals surface area contributed by atoms with Gasteiger partial charge in [0.05, 0.1) is 29.7 Å². The molecule has 0 unspecified atom stereocenters. The number of carbonyl (C=O) groups is 2. The van der Waals surface area contributed by atoms with E-state index in [2.05, 4.69) is 15.9 Å². The zero-order valence-electron chi connectivity index (χ0n) is 15.9. The molecule has 0 N–H and O–H groups in total. The van der Waals surface area contributed by atoms with E-state index >= 15 is 0 Å². The van der Waals surface area contributed by atoms with Crippen molar-refractivity contribution in [3.05, 3.63) is 61.9 Å². The van der Waals surface area contributed by atoms with E-state index in [4.69, 9.17) is 21.1 Å². The monoisotopic (exact) mass is 495 g/mol. The molecule has 5 nitrogen and oxygen atoms in total. The summed E-state index contributed by atoms with van der Waals surface area (Å²) >= 11 is 10.7. The fraction of sp³-hybridized carbons (Fsp3) is 0.238. The molecule has 29 heavy (non-hydrogen) atoms. The van der Waals surface area contributed by atoms with Crippen LogP contribution < -0.4 is 9.47 Å². The molecule has 0 radical (unpaired) electrons. The molecule has 0 saturated carbocycles. The van der Waals surface area contributed by atoms with Crippen molar-refractivity contribution in [2.45, 2.75) is 20.4 Å². The zero-order chi connectivity index (χ0) is 21.0. The van der Waals surface area contributed by atoms with Crippen LogP contribution in [0.15, 0.2) is 45.8 Å². The summed E-state index contributed by atoms with van der Waals surface area (Å²) in [6.07, 6.45) is 1.65. The van der Waals surface area contributed by atoms with Gasteiger partial charge in [-0.05, 0) is 61.0 Å². The van der Waals surface area contributed by atoms with Crippen LogP contribution >= 0.6 is 39.3 Å². The van der Waals surface area contributed by atoms with E-state index in [-0.39, 0.29) is 17.7 Å². The molecular weight excluding hydrogens is 478 g/mol. The summed E-state index contributed by atoms with van der Waals surface area (Å²) in [4.78, 5) is 26.8. The number of rotatable bonds is 7. The van der Waals surface area contributed by atoms with Crippen LogP contribution in [0.4, 0.5) is 4.79 Å². The molecule has 1 saturated heterocycles. The minimum atomic E-state index is -0.335. The van der Waals surface area contributed by atoms with Gasteiger partial charge in [0, 0.05) is 4.47 Å². The Labute approximate surface area is 187 Å². The molecule has 2 aromatic carbocycles. The van der Waals surface area contributed by atoms with Gasteiger partial charge in [-0.25, -0.2) is 0 Å². The highest BCUT2D eigenvalue weighted by atomic mass is 79.9. The Kier molecular flexibility index (Phi) is 7.27. The molecular formula is C21H19BrClNO4S. The second kappa shape index (κ2) is 9.69. The Morgan fingerprint density at radius 2 is 1.86 bits per heavy atom. The number of imide groups is 1. The average Bonchev–Trinajstić information content (AvgIpc) is 2.94. The van der Waals surface area contributed by atoms with Crippen molar-refractivity contribution in [1.82, 2.24) is 4.90 Å². The Bertz CT molecular complexity index is 979. The molecule has 3 rings (SSSR count). The van der Waals surface area contributed by atoms with Crippen LogP contribution in [0.3, 0.4) is 0 Å². The van der Waals surface area contributed by atoms with Crippen LogP contribution in [0.1, 0.15) is 25.0 Å². The van der Waals surface area contributed by atoms with Crippen LogP contribution in [0, 0.1) is 0 Å². The third kappa shape index (κ3) is 4.97. The maximum atomic E-state index is 12.8. The molecule has 0 atom stereocenters. The predicted molar refractivity (Wildman–Crippen MR) is 119 cm³/mol. The van der Waals surface area contributed by atoms with Crippen molar-refractivity contribution >= 4 is 56.5 Å². The molecule has 1 aliphatic rings. The van der Waals surface area contributed by atoms with E-state index in [1.807, 2.05) is 38.1 Å². The summed E-state index contributed by atoms with van der Waals surface area (Å²) < 4.78 is 12.0. The van der Waals surface area contributed by atoms with Crippen LogP contribution in [0.2, 0.25) is 5.02 Å². The van der Waals surface area contributed by atoms with Crippen molar-refractivity contribution in [2.24, 2.45) is 0 Å². The minimum Gasteiger partial charge on any atom is -0.490 e. The maximum absolute atomic E-state index is 12.8. The molecule has 0 spiro atoms. The lowest BCUT2D eigenvalue weighted by molar-refractivity contribution is -0.123. The molecule has 8 heteroatoms. The summed E-state index contributed by atoms with van der Waals surface area (Å²) in [5, 5.41) is 0.0792. The number of carbonyl (C=O) groups excluding carboxylic acids is 2. The summed E-state index contributed by atoms with van der Waals surface area (Å²) in [6, 6.07) is 10.9. The van der Waals surface area contributed by atoms with E-state index in [0.717, 1.165) is 21.8 Å². The smallest absolute Gasteiger partial charge is 0.293 e. The lowest BCUT2D eigenvalue weighted by Gasteiger charge is -2.14. The number of benzene rings is 2. The third-order valence-electron chi connectivity index (χ3n) is 4.08. The van der Waals surface area contributed by atoms with Crippen molar-refractivity contribution in [3.8, 4) is 11.5 Å².